The number of hydrogen-bond donors (Lipinski definition) is 1. The fraction of sp³-hybridized carbons (Fsp3) is 0.500. The lowest BCUT2D eigenvalue weighted by atomic mass is 10.1. The lowest BCUT2D eigenvalue weighted by Gasteiger charge is -2.27. The molecule has 1 aromatic carbocycles. The van der Waals surface area contributed by atoms with Crippen LogP contribution in [0.4, 0.5) is 11.4 Å². The van der Waals surface area contributed by atoms with Crippen LogP contribution in [0.15, 0.2) is 16.8 Å². The third-order valence-corrected chi connectivity index (χ3v) is 3.72. The summed E-state index contributed by atoms with van der Waals surface area (Å²) in [4.78, 5) is 2.24. The van der Waals surface area contributed by atoms with Crippen molar-refractivity contribution in [3.8, 4) is 0 Å². The first kappa shape index (κ1) is 10.4. The fourth-order valence-corrected chi connectivity index (χ4v) is 2.27. The van der Waals surface area contributed by atoms with Crippen LogP contribution in [-0.2, 0) is 0 Å². The Morgan fingerprint density at radius 3 is 2.76 bits per heavy atom. The number of nitrogen functional groups attached to an aromatic ring is 1. The van der Waals surface area contributed by atoms with Crippen LogP contribution in [0.1, 0.15) is 19.8 Å². The van der Waals surface area contributed by atoms with Gasteiger partial charge in [0.2, 0.25) is 0 Å². The van der Waals surface area contributed by atoms with Crippen LogP contribution in [0.25, 0.3) is 11.0 Å². The molecule has 3 rings (SSSR count). The summed E-state index contributed by atoms with van der Waals surface area (Å²) in [5.74, 6) is 0.799. The number of rotatable bonds is 3. The summed E-state index contributed by atoms with van der Waals surface area (Å²) in [6.07, 6.45) is 2.64. The lowest BCUT2D eigenvalue weighted by Crippen LogP contribution is -2.30. The Labute approximate surface area is 99.5 Å². The Hall–Kier alpha value is -1.78. The van der Waals surface area contributed by atoms with Gasteiger partial charge in [0.1, 0.15) is 0 Å². The number of aromatic nitrogens is 2. The number of hydrogen-bond acceptors (Lipinski definition) is 5. The van der Waals surface area contributed by atoms with Crippen molar-refractivity contribution in [1.82, 2.24) is 10.3 Å². The number of nitrogens with zero attached hydrogens (tertiary/aromatic N) is 3. The van der Waals surface area contributed by atoms with E-state index in [1.54, 1.807) is 0 Å². The quantitative estimate of drug-likeness (QED) is 0.820. The highest BCUT2D eigenvalue weighted by Gasteiger charge is 2.31. The molecule has 0 amide bonds. The Morgan fingerprint density at radius 2 is 2.06 bits per heavy atom. The van der Waals surface area contributed by atoms with E-state index in [0.29, 0.717) is 17.2 Å². The van der Waals surface area contributed by atoms with Crippen molar-refractivity contribution < 1.29 is 4.63 Å². The van der Waals surface area contributed by atoms with Gasteiger partial charge in [0.25, 0.3) is 0 Å². The van der Waals surface area contributed by atoms with E-state index in [1.165, 1.54) is 12.8 Å². The maximum Gasteiger partial charge on any atom is 0.160 e. The van der Waals surface area contributed by atoms with E-state index >= 15 is 0 Å². The maximum atomic E-state index is 5.84. The minimum atomic E-state index is 0.513. The third kappa shape index (κ3) is 1.62. The number of fused-ring (bicyclic) bond motifs is 1. The first-order chi connectivity index (χ1) is 8.18. The van der Waals surface area contributed by atoms with Crippen LogP contribution in [-0.4, -0.2) is 23.4 Å². The normalized spacial score (nSPS) is 17.3. The molecule has 17 heavy (non-hydrogen) atoms. The molecule has 0 spiro atoms. The number of benzene rings is 1. The molecule has 2 N–H and O–H groups in total. The van der Waals surface area contributed by atoms with Crippen molar-refractivity contribution in [3.05, 3.63) is 12.1 Å². The second-order valence-electron chi connectivity index (χ2n) is 4.82. The summed E-state index contributed by atoms with van der Waals surface area (Å²) in [5.41, 5.74) is 8.88. The summed E-state index contributed by atoms with van der Waals surface area (Å²) < 4.78 is 4.79. The lowest BCUT2D eigenvalue weighted by molar-refractivity contribution is 0.315. The third-order valence-electron chi connectivity index (χ3n) is 3.72. The van der Waals surface area contributed by atoms with Gasteiger partial charge in [0.15, 0.2) is 11.0 Å². The van der Waals surface area contributed by atoms with Gasteiger partial charge in [-0.25, -0.2) is 4.63 Å². The Kier molecular flexibility index (Phi) is 2.21. The first-order valence-corrected chi connectivity index (χ1v) is 5.92. The molecular weight excluding hydrogens is 216 g/mol. The largest absolute Gasteiger partial charge is 0.397 e. The maximum absolute atomic E-state index is 5.84. The zero-order valence-electron chi connectivity index (χ0n) is 10.1. The minimum Gasteiger partial charge on any atom is -0.397 e. The summed E-state index contributed by atoms with van der Waals surface area (Å²) in [5, 5.41) is 7.80. The number of anilines is 2. The molecule has 90 valence electrons. The molecule has 1 atom stereocenters. The van der Waals surface area contributed by atoms with Crippen molar-refractivity contribution in [1.29, 1.82) is 0 Å². The van der Waals surface area contributed by atoms with Gasteiger partial charge in [-0.2, -0.15) is 0 Å². The zero-order valence-corrected chi connectivity index (χ0v) is 10.1. The van der Waals surface area contributed by atoms with Gasteiger partial charge < -0.3 is 10.6 Å². The van der Waals surface area contributed by atoms with Gasteiger partial charge in [-0.1, -0.05) is 0 Å². The average molecular weight is 232 g/mol. The molecule has 2 aromatic rings. The van der Waals surface area contributed by atoms with Crippen LogP contribution in [0.3, 0.4) is 0 Å². The fourth-order valence-electron chi connectivity index (χ4n) is 2.27. The molecule has 1 aliphatic rings. The summed E-state index contributed by atoms with van der Waals surface area (Å²) in [6, 6.07) is 4.36. The van der Waals surface area contributed by atoms with Crippen molar-refractivity contribution in [2.24, 2.45) is 5.92 Å². The molecule has 1 heterocycles. The highest BCUT2D eigenvalue weighted by molar-refractivity contribution is 5.95. The average Bonchev–Trinajstić information content (AvgIpc) is 3.05. The smallest absolute Gasteiger partial charge is 0.160 e. The topological polar surface area (TPSA) is 68.2 Å². The first-order valence-electron chi connectivity index (χ1n) is 5.92. The van der Waals surface area contributed by atoms with Gasteiger partial charge in [-0.3, -0.25) is 0 Å². The molecule has 1 aromatic heterocycles. The van der Waals surface area contributed by atoms with Crippen molar-refractivity contribution in [3.63, 3.8) is 0 Å². The van der Waals surface area contributed by atoms with E-state index in [9.17, 15) is 0 Å². The second-order valence-corrected chi connectivity index (χ2v) is 4.82. The Bertz CT molecular complexity index is 546. The molecular formula is C12H16N4O. The van der Waals surface area contributed by atoms with E-state index in [2.05, 4.69) is 29.2 Å². The molecule has 1 aliphatic carbocycles. The summed E-state index contributed by atoms with van der Waals surface area (Å²) in [6.45, 7) is 2.24. The van der Waals surface area contributed by atoms with E-state index in [1.807, 2.05) is 12.1 Å². The monoisotopic (exact) mass is 232 g/mol. The molecule has 5 heteroatoms. The Morgan fingerprint density at radius 1 is 1.35 bits per heavy atom. The van der Waals surface area contributed by atoms with Crippen LogP contribution >= 0.6 is 0 Å². The van der Waals surface area contributed by atoms with Crippen LogP contribution in [0.5, 0.6) is 0 Å². The molecule has 0 radical (unpaired) electrons. The highest BCUT2D eigenvalue weighted by Crippen LogP contribution is 2.38. The summed E-state index contributed by atoms with van der Waals surface area (Å²) in [7, 11) is 2.09. The van der Waals surface area contributed by atoms with Gasteiger partial charge in [0, 0.05) is 13.1 Å². The van der Waals surface area contributed by atoms with Gasteiger partial charge in [0.05, 0.1) is 11.4 Å². The molecule has 5 nitrogen and oxygen atoms in total. The number of nitrogens with two attached hydrogens (primary N) is 1. The molecule has 1 fully saturated rings. The standard InChI is InChI=1S/C12H16N4O/c1-7(8-3-4-8)16(2)10-6-5-9(13)11-12(10)15-17-14-11/h5-8H,3-4,13H2,1-2H3. The van der Waals surface area contributed by atoms with Crippen LogP contribution in [0.2, 0.25) is 0 Å². The molecule has 0 aliphatic heterocycles. The van der Waals surface area contributed by atoms with E-state index in [-0.39, 0.29) is 0 Å². The van der Waals surface area contributed by atoms with Crippen LogP contribution in [0, 0.1) is 5.92 Å². The van der Waals surface area contributed by atoms with Crippen molar-refractivity contribution in [2.75, 3.05) is 17.7 Å². The zero-order chi connectivity index (χ0) is 12.0. The van der Waals surface area contributed by atoms with Gasteiger partial charge in [-0.15, -0.1) is 0 Å². The predicted molar refractivity (Wildman–Crippen MR) is 66.8 cm³/mol. The van der Waals surface area contributed by atoms with E-state index in [4.69, 9.17) is 10.4 Å². The van der Waals surface area contributed by atoms with E-state index < -0.39 is 0 Å². The van der Waals surface area contributed by atoms with Crippen molar-refractivity contribution >= 4 is 22.4 Å². The molecule has 0 saturated heterocycles. The SMILES string of the molecule is CC(C1CC1)N(C)c1ccc(N)c2nonc12. The van der Waals surface area contributed by atoms with Crippen molar-refractivity contribution in [2.45, 2.75) is 25.8 Å². The minimum absolute atomic E-state index is 0.513. The second kappa shape index (κ2) is 3.61. The van der Waals surface area contributed by atoms with Gasteiger partial charge >= 0.3 is 0 Å². The van der Waals surface area contributed by atoms with Gasteiger partial charge in [-0.05, 0) is 48.1 Å². The molecule has 1 saturated carbocycles. The Balaban J connectivity index is 2.04. The predicted octanol–water partition coefficient (Wildman–Crippen LogP) is 2.04. The van der Waals surface area contributed by atoms with E-state index in [0.717, 1.165) is 17.1 Å². The highest BCUT2D eigenvalue weighted by atomic mass is 16.6. The van der Waals surface area contributed by atoms with Crippen LogP contribution < -0.4 is 10.6 Å². The summed E-state index contributed by atoms with van der Waals surface area (Å²) >= 11 is 0. The molecule has 0 bridgehead atoms. The molecule has 1 unspecified atom stereocenters.